The first kappa shape index (κ1) is 11.9. The second kappa shape index (κ2) is 4.81. The van der Waals surface area contributed by atoms with Crippen LogP contribution in [0.5, 0.6) is 0 Å². The molecule has 0 aliphatic heterocycles. The molecule has 2 heterocycles. The van der Waals surface area contributed by atoms with Crippen LogP contribution in [0.15, 0.2) is 36.8 Å². The van der Waals surface area contributed by atoms with Gasteiger partial charge in [-0.3, -0.25) is 4.79 Å². The van der Waals surface area contributed by atoms with Crippen molar-refractivity contribution in [1.82, 2.24) is 14.5 Å². The van der Waals surface area contributed by atoms with Gasteiger partial charge in [-0.15, -0.1) is 11.3 Å². The van der Waals surface area contributed by atoms with Crippen molar-refractivity contribution in [3.63, 3.8) is 0 Å². The molecule has 0 fully saturated rings. The van der Waals surface area contributed by atoms with Crippen LogP contribution in [0.3, 0.4) is 0 Å². The third kappa shape index (κ3) is 2.48. The Labute approximate surface area is 113 Å². The Kier molecular flexibility index (Phi) is 3.00. The Morgan fingerprint density at radius 1 is 1.37 bits per heavy atom. The van der Waals surface area contributed by atoms with Crippen molar-refractivity contribution in [3.05, 3.63) is 41.7 Å². The molecule has 0 atom stereocenters. The van der Waals surface area contributed by atoms with E-state index in [2.05, 4.69) is 15.3 Å². The fourth-order valence-corrected chi connectivity index (χ4v) is 2.54. The van der Waals surface area contributed by atoms with E-state index in [1.54, 1.807) is 12.5 Å². The Balaban J connectivity index is 1.76. The van der Waals surface area contributed by atoms with Gasteiger partial charge >= 0.3 is 0 Å². The standard InChI is InChI=1S/C13H12N4OS/c1-9-6-14-13(19-9)16-12(18)7-17-8-15-10-4-2-3-5-11(10)17/h2-6,8H,7H2,1H3,(H,14,16,18). The highest BCUT2D eigenvalue weighted by Crippen LogP contribution is 2.17. The number of imidazole rings is 1. The summed E-state index contributed by atoms with van der Waals surface area (Å²) in [6.45, 7) is 2.19. The van der Waals surface area contributed by atoms with Crippen molar-refractivity contribution in [2.24, 2.45) is 0 Å². The van der Waals surface area contributed by atoms with Crippen molar-refractivity contribution < 1.29 is 4.79 Å². The van der Waals surface area contributed by atoms with Gasteiger partial charge in [0.15, 0.2) is 5.13 Å². The van der Waals surface area contributed by atoms with Crippen molar-refractivity contribution in [2.45, 2.75) is 13.5 Å². The van der Waals surface area contributed by atoms with Crippen LogP contribution in [-0.4, -0.2) is 20.4 Å². The lowest BCUT2D eigenvalue weighted by atomic mass is 10.3. The molecule has 2 aromatic heterocycles. The summed E-state index contributed by atoms with van der Waals surface area (Å²) < 4.78 is 1.82. The molecule has 0 unspecified atom stereocenters. The molecule has 96 valence electrons. The molecule has 3 aromatic rings. The maximum absolute atomic E-state index is 11.9. The van der Waals surface area contributed by atoms with E-state index in [4.69, 9.17) is 0 Å². The summed E-state index contributed by atoms with van der Waals surface area (Å²) in [6, 6.07) is 7.73. The Morgan fingerprint density at radius 3 is 3.00 bits per heavy atom. The van der Waals surface area contributed by atoms with Gasteiger partial charge in [-0.05, 0) is 19.1 Å². The zero-order valence-corrected chi connectivity index (χ0v) is 11.1. The molecule has 5 nitrogen and oxygen atoms in total. The van der Waals surface area contributed by atoms with E-state index in [1.165, 1.54) is 11.3 Å². The number of amides is 1. The molecule has 6 heteroatoms. The van der Waals surface area contributed by atoms with Crippen LogP contribution in [0.25, 0.3) is 11.0 Å². The SMILES string of the molecule is Cc1cnc(NC(=O)Cn2cnc3ccccc32)s1. The van der Waals surface area contributed by atoms with E-state index in [9.17, 15) is 4.79 Å². The molecule has 0 bridgehead atoms. The van der Waals surface area contributed by atoms with E-state index >= 15 is 0 Å². The van der Waals surface area contributed by atoms with Gasteiger partial charge in [0, 0.05) is 11.1 Å². The molecule has 0 saturated heterocycles. The lowest BCUT2D eigenvalue weighted by Gasteiger charge is -2.03. The van der Waals surface area contributed by atoms with E-state index in [0.29, 0.717) is 5.13 Å². The maximum Gasteiger partial charge on any atom is 0.246 e. The molecule has 0 saturated carbocycles. The first-order valence-corrected chi connectivity index (χ1v) is 6.66. The fraction of sp³-hybridized carbons (Fsp3) is 0.154. The minimum atomic E-state index is -0.0995. The average molecular weight is 272 g/mol. The zero-order valence-electron chi connectivity index (χ0n) is 10.3. The second-order valence-corrected chi connectivity index (χ2v) is 5.42. The van der Waals surface area contributed by atoms with Crippen molar-refractivity contribution in [2.75, 3.05) is 5.32 Å². The summed E-state index contributed by atoms with van der Waals surface area (Å²) in [4.78, 5) is 21.4. The van der Waals surface area contributed by atoms with Crippen LogP contribution in [-0.2, 0) is 11.3 Å². The Bertz CT molecular complexity index is 731. The second-order valence-electron chi connectivity index (χ2n) is 4.19. The fourth-order valence-electron chi connectivity index (χ4n) is 1.86. The van der Waals surface area contributed by atoms with Crippen LogP contribution < -0.4 is 5.32 Å². The first-order valence-electron chi connectivity index (χ1n) is 5.84. The molecular formula is C13H12N4OS. The van der Waals surface area contributed by atoms with Crippen molar-refractivity contribution >= 4 is 33.4 Å². The molecule has 1 aromatic carbocycles. The average Bonchev–Trinajstić information content (AvgIpc) is 2.97. The Morgan fingerprint density at radius 2 is 2.21 bits per heavy atom. The van der Waals surface area contributed by atoms with E-state index < -0.39 is 0 Å². The normalized spacial score (nSPS) is 10.8. The van der Waals surface area contributed by atoms with Gasteiger partial charge < -0.3 is 9.88 Å². The molecule has 1 N–H and O–H groups in total. The van der Waals surface area contributed by atoms with Gasteiger partial charge in [0.05, 0.1) is 17.4 Å². The summed E-state index contributed by atoms with van der Waals surface area (Å²) in [5, 5.41) is 3.42. The van der Waals surface area contributed by atoms with E-state index in [0.717, 1.165) is 15.9 Å². The largest absolute Gasteiger partial charge is 0.321 e. The number of fused-ring (bicyclic) bond motifs is 1. The number of thiazole rings is 1. The van der Waals surface area contributed by atoms with Crippen LogP contribution in [0.2, 0.25) is 0 Å². The maximum atomic E-state index is 11.9. The number of carbonyl (C=O) groups excluding carboxylic acids is 1. The molecule has 0 radical (unpaired) electrons. The number of anilines is 1. The zero-order chi connectivity index (χ0) is 13.2. The third-order valence-corrected chi connectivity index (χ3v) is 3.54. The lowest BCUT2D eigenvalue weighted by Crippen LogP contribution is -2.18. The highest BCUT2D eigenvalue weighted by Gasteiger charge is 2.08. The number of carbonyl (C=O) groups is 1. The van der Waals surface area contributed by atoms with Crippen LogP contribution in [0, 0.1) is 6.92 Å². The van der Waals surface area contributed by atoms with E-state index in [1.807, 2.05) is 35.8 Å². The predicted molar refractivity (Wildman–Crippen MR) is 75.2 cm³/mol. The summed E-state index contributed by atoms with van der Waals surface area (Å²) in [7, 11) is 0. The number of benzene rings is 1. The topological polar surface area (TPSA) is 59.8 Å². The summed E-state index contributed by atoms with van der Waals surface area (Å²) in [5.41, 5.74) is 1.84. The number of rotatable bonds is 3. The molecule has 1 amide bonds. The number of nitrogens with zero attached hydrogens (tertiary/aromatic N) is 3. The van der Waals surface area contributed by atoms with Crippen molar-refractivity contribution in [3.8, 4) is 0 Å². The number of hydrogen-bond donors (Lipinski definition) is 1. The molecule has 3 rings (SSSR count). The van der Waals surface area contributed by atoms with Gasteiger partial charge in [0.1, 0.15) is 6.54 Å². The number of hydrogen-bond acceptors (Lipinski definition) is 4. The number of aryl methyl sites for hydroxylation is 1. The summed E-state index contributed by atoms with van der Waals surface area (Å²) in [5.74, 6) is -0.0995. The van der Waals surface area contributed by atoms with Gasteiger partial charge in [0.25, 0.3) is 0 Å². The number of aromatic nitrogens is 3. The number of para-hydroxylation sites is 2. The minimum absolute atomic E-state index is 0.0995. The quantitative estimate of drug-likeness (QED) is 0.796. The Hall–Kier alpha value is -2.21. The predicted octanol–water partition coefficient (Wildman–Crippen LogP) is 2.44. The van der Waals surface area contributed by atoms with Gasteiger partial charge in [-0.1, -0.05) is 12.1 Å². The third-order valence-electron chi connectivity index (χ3n) is 2.71. The molecule has 0 aliphatic carbocycles. The van der Waals surface area contributed by atoms with E-state index in [-0.39, 0.29) is 12.5 Å². The van der Waals surface area contributed by atoms with Crippen LogP contribution >= 0.6 is 11.3 Å². The van der Waals surface area contributed by atoms with Crippen LogP contribution in [0.4, 0.5) is 5.13 Å². The molecule has 0 spiro atoms. The highest BCUT2D eigenvalue weighted by molar-refractivity contribution is 7.15. The molecule has 0 aliphatic rings. The summed E-state index contributed by atoms with van der Waals surface area (Å²) >= 11 is 1.46. The lowest BCUT2D eigenvalue weighted by molar-refractivity contribution is -0.116. The molecular weight excluding hydrogens is 260 g/mol. The minimum Gasteiger partial charge on any atom is -0.321 e. The van der Waals surface area contributed by atoms with Crippen LogP contribution in [0.1, 0.15) is 4.88 Å². The number of nitrogens with one attached hydrogen (secondary N) is 1. The molecule has 19 heavy (non-hydrogen) atoms. The monoisotopic (exact) mass is 272 g/mol. The van der Waals surface area contributed by atoms with Gasteiger partial charge in [0.2, 0.25) is 5.91 Å². The smallest absolute Gasteiger partial charge is 0.246 e. The van der Waals surface area contributed by atoms with Crippen molar-refractivity contribution in [1.29, 1.82) is 0 Å². The van der Waals surface area contributed by atoms with Gasteiger partial charge in [-0.2, -0.15) is 0 Å². The highest BCUT2D eigenvalue weighted by atomic mass is 32.1. The first-order chi connectivity index (χ1) is 9.22. The summed E-state index contributed by atoms with van der Waals surface area (Å²) in [6.07, 6.45) is 3.42. The van der Waals surface area contributed by atoms with Gasteiger partial charge in [-0.25, -0.2) is 9.97 Å².